The Labute approximate surface area is 218 Å². The molecule has 0 radical (unpaired) electrons. The van der Waals surface area contributed by atoms with Crippen LogP contribution in [0.5, 0.6) is 5.75 Å². The van der Waals surface area contributed by atoms with Crippen LogP contribution in [0.3, 0.4) is 0 Å². The van der Waals surface area contributed by atoms with Gasteiger partial charge in [0.2, 0.25) is 15.9 Å². The van der Waals surface area contributed by atoms with Crippen molar-refractivity contribution in [3.05, 3.63) is 78.3 Å². The van der Waals surface area contributed by atoms with E-state index in [1.165, 1.54) is 54.8 Å². The van der Waals surface area contributed by atoms with Gasteiger partial charge in [0, 0.05) is 12.2 Å². The van der Waals surface area contributed by atoms with Gasteiger partial charge in [-0.2, -0.15) is 4.31 Å². The van der Waals surface area contributed by atoms with Crippen molar-refractivity contribution < 1.29 is 37.1 Å². The first-order chi connectivity index (χ1) is 18.2. The lowest BCUT2D eigenvalue weighted by molar-refractivity contribution is -0.144. The minimum absolute atomic E-state index is 0.104. The van der Waals surface area contributed by atoms with Gasteiger partial charge in [0.15, 0.2) is 11.8 Å². The maximum Gasteiger partial charge on any atom is 0.324 e. The van der Waals surface area contributed by atoms with E-state index in [1.807, 2.05) is 0 Å². The van der Waals surface area contributed by atoms with Gasteiger partial charge in [-0.3, -0.25) is 19.3 Å². The van der Waals surface area contributed by atoms with Gasteiger partial charge >= 0.3 is 5.97 Å². The highest BCUT2D eigenvalue weighted by Crippen LogP contribution is 2.35. The first-order valence-electron chi connectivity index (χ1n) is 11.3. The molecule has 1 aliphatic rings. The third-order valence-electron chi connectivity index (χ3n) is 5.88. The summed E-state index contributed by atoms with van der Waals surface area (Å²) < 4.78 is 38.9. The zero-order valence-electron chi connectivity index (χ0n) is 20.1. The number of hydrogen-bond donors (Lipinski definition) is 2. The summed E-state index contributed by atoms with van der Waals surface area (Å²) in [5.74, 6) is 1.83. The van der Waals surface area contributed by atoms with Gasteiger partial charge in [-0.25, -0.2) is 8.42 Å². The number of benzene rings is 2. The number of carboxylic acids is 1. The molecule has 4 rings (SSSR count). The quantitative estimate of drug-likeness (QED) is 0.432. The van der Waals surface area contributed by atoms with E-state index in [2.05, 4.69) is 11.8 Å². The third kappa shape index (κ3) is 4.97. The average molecular weight is 538 g/mol. The van der Waals surface area contributed by atoms with Gasteiger partial charge in [0.1, 0.15) is 18.4 Å². The van der Waals surface area contributed by atoms with Crippen LogP contribution in [-0.4, -0.2) is 54.3 Å². The number of primary amides is 1. The van der Waals surface area contributed by atoms with Crippen LogP contribution in [0.4, 0.5) is 5.69 Å². The van der Waals surface area contributed by atoms with Gasteiger partial charge in [-0.15, -0.1) is 5.92 Å². The highest BCUT2D eigenvalue weighted by atomic mass is 32.2. The number of ether oxygens (including phenoxy) is 1. The molecule has 2 aromatic carbocycles. The van der Waals surface area contributed by atoms with E-state index in [0.717, 1.165) is 4.90 Å². The minimum atomic E-state index is -4.53. The number of carboxylic acid groups (broad SMARTS) is 1. The summed E-state index contributed by atoms with van der Waals surface area (Å²) in [6, 6.07) is 10.3. The van der Waals surface area contributed by atoms with Crippen molar-refractivity contribution >= 4 is 33.5 Å². The van der Waals surface area contributed by atoms with E-state index in [-0.39, 0.29) is 28.5 Å². The van der Waals surface area contributed by atoms with E-state index in [4.69, 9.17) is 14.9 Å². The molecule has 0 spiro atoms. The number of fused-ring (bicyclic) bond motifs is 1. The first kappa shape index (κ1) is 26.5. The number of para-hydroxylation sites is 1. The number of aliphatic carboxylic acids is 1. The minimum Gasteiger partial charge on any atom is -0.481 e. The van der Waals surface area contributed by atoms with Gasteiger partial charge < -0.3 is 20.0 Å². The first-order valence-corrected chi connectivity index (χ1v) is 12.7. The van der Waals surface area contributed by atoms with Crippen LogP contribution < -0.4 is 15.4 Å². The van der Waals surface area contributed by atoms with Crippen molar-refractivity contribution in [3.63, 3.8) is 0 Å². The van der Waals surface area contributed by atoms with Gasteiger partial charge in [-0.05, 0) is 55.0 Å². The highest BCUT2D eigenvalue weighted by molar-refractivity contribution is 7.89. The third-order valence-corrected chi connectivity index (χ3v) is 7.72. The maximum atomic E-state index is 13.8. The molecule has 3 N–H and O–H groups in total. The van der Waals surface area contributed by atoms with Crippen LogP contribution in [0.1, 0.15) is 23.0 Å². The van der Waals surface area contributed by atoms with Gasteiger partial charge in [-0.1, -0.05) is 24.1 Å². The molecule has 2 unspecified atom stereocenters. The van der Waals surface area contributed by atoms with E-state index in [1.54, 1.807) is 19.1 Å². The second kappa shape index (κ2) is 10.8. The number of furan rings is 1. The number of nitrogens with zero attached hydrogens (tertiary/aromatic N) is 2. The molecule has 0 bridgehead atoms. The maximum absolute atomic E-state index is 13.8. The molecule has 12 heteroatoms. The molecule has 11 nitrogen and oxygen atoms in total. The molecule has 3 aromatic rings. The fraction of sp³-hybridized carbons (Fsp3) is 0.192. The average Bonchev–Trinajstić information content (AvgIpc) is 3.38. The molecular weight excluding hydrogens is 514 g/mol. The molecule has 2 heterocycles. The summed E-state index contributed by atoms with van der Waals surface area (Å²) in [6.45, 7) is 1.30. The normalized spacial score (nSPS) is 17.4. The molecule has 38 heavy (non-hydrogen) atoms. The Hall–Kier alpha value is -4.60. The lowest BCUT2D eigenvalue weighted by Crippen LogP contribution is -2.61. The summed E-state index contributed by atoms with van der Waals surface area (Å²) in [5, 5.41) is 10.2. The number of rotatable bonds is 7. The summed E-state index contributed by atoms with van der Waals surface area (Å²) in [6.07, 6.45) is 1.24. The van der Waals surface area contributed by atoms with Crippen LogP contribution in [0, 0.1) is 11.8 Å². The fourth-order valence-electron chi connectivity index (χ4n) is 4.16. The molecule has 0 aliphatic carbocycles. The van der Waals surface area contributed by atoms with E-state index < -0.39 is 46.4 Å². The number of amides is 2. The SMILES string of the molecule is CC#CCOc1ccc(S(=O)(=O)N2Cc3ccccc3N(C(=O)c3ccco3)C(C(N)=O)C2C(=O)O)cc1. The van der Waals surface area contributed by atoms with Gasteiger partial charge in [0.25, 0.3) is 5.91 Å². The largest absolute Gasteiger partial charge is 0.481 e. The Morgan fingerprint density at radius 1 is 1.08 bits per heavy atom. The standard InChI is InChI=1S/C26H23N3O8S/c1-2-3-14-36-18-10-12-19(13-11-18)38(34,35)28-16-17-7-4-5-8-20(17)29(25(31)21-9-6-15-37-21)22(24(27)30)23(28)26(32)33/h4-13,15,22-23H,14,16H2,1H3,(H2,27,30)(H,32,33). The number of sulfonamides is 1. The van der Waals surface area contributed by atoms with Crippen molar-refractivity contribution in [1.29, 1.82) is 0 Å². The van der Waals surface area contributed by atoms with Crippen molar-refractivity contribution in [2.75, 3.05) is 11.5 Å². The van der Waals surface area contributed by atoms with Crippen molar-refractivity contribution in [2.45, 2.75) is 30.4 Å². The molecule has 0 saturated heterocycles. The van der Waals surface area contributed by atoms with Crippen LogP contribution in [-0.2, 0) is 26.2 Å². The lowest BCUT2D eigenvalue weighted by Gasteiger charge is -2.34. The zero-order valence-corrected chi connectivity index (χ0v) is 20.9. The Morgan fingerprint density at radius 2 is 1.79 bits per heavy atom. The van der Waals surface area contributed by atoms with Gasteiger partial charge in [0.05, 0.1) is 11.2 Å². The predicted octanol–water partition coefficient (Wildman–Crippen LogP) is 1.84. The van der Waals surface area contributed by atoms with Crippen LogP contribution in [0.2, 0.25) is 0 Å². The molecule has 2 atom stereocenters. The zero-order chi connectivity index (χ0) is 27.4. The van der Waals surface area contributed by atoms with Crippen molar-refractivity contribution in [1.82, 2.24) is 4.31 Å². The van der Waals surface area contributed by atoms with E-state index in [0.29, 0.717) is 10.1 Å². The predicted molar refractivity (Wildman–Crippen MR) is 134 cm³/mol. The monoisotopic (exact) mass is 537 g/mol. The summed E-state index contributed by atoms with van der Waals surface area (Å²) in [4.78, 5) is 39.5. The number of anilines is 1. The molecule has 0 saturated carbocycles. The van der Waals surface area contributed by atoms with E-state index >= 15 is 0 Å². The Kier molecular flexibility index (Phi) is 7.52. The molecule has 1 aliphatic heterocycles. The number of carbonyl (C=O) groups excluding carboxylic acids is 2. The number of hydrogen-bond acceptors (Lipinski definition) is 7. The molecule has 1 aromatic heterocycles. The highest BCUT2D eigenvalue weighted by Gasteiger charge is 2.51. The Balaban J connectivity index is 1.85. The fourth-order valence-corrected chi connectivity index (χ4v) is 5.72. The van der Waals surface area contributed by atoms with Crippen LogP contribution >= 0.6 is 0 Å². The van der Waals surface area contributed by atoms with Crippen LogP contribution in [0.15, 0.2) is 76.2 Å². The van der Waals surface area contributed by atoms with Crippen LogP contribution in [0.25, 0.3) is 0 Å². The molecule has 196 valence electrons. The Bertz CT molecular complexity index is 1520. The topological polar surface area (TPSA) is 160 Å². The Morgan fingerprint density at radius 3 is 2.39 bits per heavy atom. The lowest BCUT2D eigenvalue weighted by atomic mass is 10.0. The smallest absolute Gasteiger partial charge is 0.324 e. The van der Waals surface area contributed by atoms with E-state index in [9.17, 15) is 27.9 Å². The summed E-state index contributed by atoms with van der Waals surface area (Å²) >= 11 is 0. The van der Waals surface area contributed by atoms with Crippen molar-refractivity contribution in [3.8, 4) is 17.6 Å². The molecule has 0 fully saturated rings. The van der Waals surface area contributed by atoms with Crippen molar-refractivity contribution in [2.24, 2.45) is 5.73 Å². The second-order valence-corrected chi connectivity index (χ2v) is 10.0. The number of nitrogens with two attached hydrogens (primary N) is 1. The molecule has 2 amide bonds. The summed E-state index contributed by atoms with van der Waals surface area (Å²) in [7, 11) is -4.53. The summed E-state index contributed by atoms with van der Waals surface area (Å²) in [5.41, 5.74) is 6.06. The molecular formula is C26H23N3O8S. The number of carbonyl (C=O) groups is 3. The second-order valence-electron chi connectivity index (χ2n) is 8.15.